The summed E-state index contributed by atoms with van der Waals surface area (Å²) in [5.74, 6) is 1.24. The summed E-state index contributed by atoms with van der Waals surface area (Å²) >= 11 is 0. The van der Waals surface area contributed by atoms with E-state index in [0.29, 0.717) is 12.5 Å². The Balaban J connectivity index is 1.96. The van der Waals surface area contributed by atoms with Crippen LogP contribution in [0, 0.1) is 5.92 Å². The van der Waals surface area contributed by atoms with Gasteiger partial charge in [-0.1, -0.05) is 20.3 Å². The van der Waals surface area contributed by atoms with Crippen molar-refractivity contribution < 1.29 is 4.79 Å². The molecular formula is C14H24N4O2. The molecular weight excluding hydrogens is 256 g/mol. The van der Waals surface area contributed by atoms with Gasteiger partial charge in [0.2, 0.25) is 5.91 Å². The molecule has 6 nitrogen and oxygen atoms in total. The zero-order valence-corrected chi connectivity index (χ0v) is 12.4. The number of hydrogen-bond donors (Lipinski definition) is 1. The van der Waals surface area contributed by atoms with E-state index in [1.165, 1.54) is 4.68 Å². The van der Waals surface area contributed by atoms with E-state index in [0.717, 1.165) is 44.5 Å². The highest BCUT2D eigenvalue weighted by Crippen LogP contribution is 2.10. The highest BCUT2D eigenvalue weighted by molar-refractivity contribution is 5.75. The molecule has 1 amide bonds. The summed E-state index contributed by atoms with van der Waals surface area (Å²) < 4.78 is 3.01. The lowest BCUT2D eigenvalue weighted by atomic mass is 10.1. The molecule has 0 unspecified atom stereocenters. The Kier molecular flexibility index (Phi) is 4.98. The van der Waals surface area contributed by atoms with E-state index in [1.807, 2.05) is 0 Å². The first-order valence-electron chi connectivity index (χ1n) is 7.51. The van der Waals surface area contributed by atoms with E-state index in [4.69, 9.17) is 0 Å². The Morgan fingerprint density at radius 2 is 2.15 bits per heavy atom. The van der Waals surface area contributed by atoms with Crippen LogP contribution >= 0.6 is 0 Å². The minimum absolute atomic E-state index is 0.0247. The largest absolute Gasteiger partial charge is 0.354 e. The van der Waals surface area contributed by atoms with Crippen molar-refractivity contribution in [2.75, 3.05) is 6.54 Å². The van der Waals surface area contributed by atoms with E-state index in [-0.39, 0.29) is 18.1 Å². The first-order chi connectivity index (χ1) is 9.58. The number of aromatic nitrogens is 3. The second kappa shape index (κ2) is 6.72. The molecule has 1 aromatic rings. The molecule has 0 saturated heterocycles. The SMILES string of the molecule is CC(C)CCNC(=O)Cn1nc2n(c1=O)CCCCC2. The minimum atomic E-state index is -0.152. The van der Waals surface area contributed by atoms with Crippen LogP contribution in [0.4, 0.5) is 0 Å². The number of hydrogen-bond acceptors (Lipinski definition) is 3. The maximum Gasteiger partial charge on any atom is 0.346 e. The topological polar surface area (TPSA) is 68.9 Å². The number of amides is 1. The third kappa shape index (κ3) is 3.71. The molecule has 0 bridgehead atoms. The molecule has 1 N–H and O–H groups in total. The lowest BCUT2D eigenvalue weighted by Gasteiger charge is -2.06. The third-order valence-corrected chi connectivity index (χ3v) is 3.62. The second-order valence-corrected chi connectivity index (χ2v) is 5.85. The first-order valence-corrected chi connectivity index (χ1v) is 7.51. The van der Waals surface area contributed by atoms with Gasteiger partial charge >= 0.3 is 5.69 Å². The maximum absolute atomic E-state index is 12.2. The van der Waals surface area contributed by atoms with Crippen LogP contribution in [0.2, 0.25) is 0 Å². The standard InChI is InChI=1S/C14H24N4O2/c1-11(2)7-8-15-13(19)10-18-14(20)17-9-5-3-4-6-12(17)16-18/h11H,3-10H2,1-2H3,(H,15,19). The number of fused-ring (bicyclic) bond motifs is 1. The average molecular weight is 280 g/mol. The van der Waals surface area contributed by atoms with Crippen LogP contribution in [0.15, 0.2) is 4.79 Å². The molecule has 1 aliphatic heterocycles. The van der Waals surface area contributed by atoms with Crippen molar-refractivity contribution >= 4 is 5.91 Å². The first kappa shape index (κ1) is 14.8. The molecule has 0 atom stereocenters. The third-order valence-electron chi connectivity index (χ3n) is 3.62. The summed E-state index contributed by atoms with van der Waals surface area (Å²) in [6.07, 6.45) is 4.99. The van der Waals surface area contributed by atoms with E-state index in [1.54, 1.807) is 4.57 Å². The van der Waals surface area contributed by atoms with Crippen molar-refractivity contribution in [2.24, 2.45) is 5.92 Å². The van der Waals surface area contributed by atoms with Gasteiger partial charge < -0.3 is 5.32 Å². The average Bonchev–Trinajstić information content (AvgIpc) is 2.57. The molecule has 0 aliphatic carbocycles. The lowest BCUT2D eigenvalue weighted by molar-refractivity contribution is -0.121. The van der Waals surface area contributed by atoms with E-state index >= 15 is 0 Å². The number of carbonyl (C=O) groups is 1. The molecule has 0 aromatic carbocycles. The number of aryl methyl sites for hydroxylation is 1. The Labute approximate surface area is 119 Å². The molecule has 2 rings (SSSR count). The van der Waals surface area contributed by atoms with Crippen LogP contribution in [-0.2, 0) is 24.3 Å². The summed E-state index contributed by atoms with van der Waals surface area (Å²) in [5.41, 5.74) is -0.152. The van der Waals surface area contributed by atoms with Crippen molar-refractivity contribution in [1.82, 2.24) is 19.7 Å². The second-order valence-electron chi connectivity index (χ2n) is 5.85. The van der Waals surface area contributed by atoms with Crippen LogP contribution in [0.3, 0.4) is 0 Å². The van der Waals surface area contributed by atoms with Crippen LogP contribution in [-0.4, -0.2) is 26.8 Å². The van der Waals surface area contributed by atoms with Crippen LogP contribution in [0.5, 0.6) is 0 Å². The van der Waals surface area contributed by atoms with Gasteiger partial charge in [0.15, 0.2) is 0 Å². The molecule has 0 saturated carbocycles. The van der Waals surface area contributed by atoms with E-state index in [9.17, 15) is 9.59 Å². The van der Waals surface area contributed by atoms with Gasteiger partial charge in [0.05, 0.1) is 0 Å². The summed E-state index contributed by atoms with van der Waals surface area (Å²) in [6, 6.07) is 0. The van der Waals surface area contributed by atoms with Crippen molar-refractivity contribution in [3.8, 4) is 0 Å². The zero-order chi connectivity index (χ0) is 14.5. The fraction of sp³-hybridized carbons (Fsp3) is 0.786. The van der Waals surface area contributed by atoms with Gasteiger partial charge in [-0.05, 0) is 25.2 Å². The van der Waals surface area contributed by atoms with Gasteiger partial charge in [0, 0.05) is 19.5 Å². The molecule has 1 aromatic heterocycles. The predicted molar refractivity (Wildman–Crippen MR) is 76.5 cm³/mol. The molecule has 1 aliphatic rings. The number of nitrogens with zero attached hydrogens (tertiary/aromatic N) is 3. The van der Waals surface area contributed by atoms with Crippen LogP contribution < -0.4 is 11.0 Å². The Morgan fingerprint density at radius 3 is 2.90 bits per heavy atom. The highest BCUT2D eigenvalue weighted by atomic mass is 16.2. The van der Waals surface area contributed by atoms with Crippen molar-refractivity contribution in [3.63, 3.8) is 0 Å². The number of carbonyl (C=O) groups excluding carboxylic acids is 1. The molecule has 0 radical (unpaired) electrons. The predicted octanol–water partition coefficient (Wildman–Crippen LogP) is 0.933. The Morgan fingerprint density at radius 1 is 1.35 bits per heavy atom. The molecule has 0 fully saturated rings. The summed E-state index contributed by atoms with van der Waals surface area (Å²) in [7, 11) is 0. The smallest absolute Gasteiger partial charge is 0.346 e. The summed E-state index contributed by atoms with van der Waals surface area (Å²) in [6.45, 7) is 5.63. The lowest BCUT2D eigenvalue weighted by Crippen LogP contribution is -2.34. The Hall–Kier alpha value is -1.59. The van der Waals surface area contributed by atoms with Crippen molar-refractivity contribution in [2.45, 2.75) is 59.0 Å². The minimum Gasteiger partial charge on any atom is -0.354 e. The normalized spacial score (nSPS) is 14.9. The van der Waals surface area contributed by atoms with Gasteiger partial charge in [0.1, 0.15) is 12.4 Å². The molecule has 6 heteroatoms. The van der Waals surface area contributed by atoms with Gasteiger partial charge in [-0.3, -0.25) is 9.36 Å². The van der Waals surface area contributed by atoms with Gasteiger partial charge in [-0.2, -0.15) is 5.10 Å². The fourth-order valence-corrected chi connectivity index (χ4v) is 2.42. The van der Waals surface area contributed by atoms with Crippen molar-refractivity contribution in [1.29, 1.82) is 0 Å². The quantitative estimate of drug-likeness (QED) is 0.872. The van der Waals surface area contributed by atoms with E-state index < -0.39 is 0 Å². The van der Waals surface area contributed by atoms with Gasteiger partial charge in [-0.25, -0.2) is 9.48 Å². The molecule has 2 heterocycles. The van der Waals surface area contributed by atoms with Crippen molar-refractivity contribution in [3.05, 3.63) is 16.3 Å². The van der Waals surface area contributed by atoms with Crippen LogP contribution in [0.25, 0.3) is 0 Å². The van der Waals surface area contributed by atoms with E-state index in [2.05, 4.69) is 24.3 Å². The molecule has 0 spiro atoms. The van der Waals surface area contributed by atoms with Crippen LogP contribution in [0.1, 0.15) is 45.4 Å². The summed E-state index contributed by atoms with van der Waals surface area (Å²) in [5, 5.41) is 7.13. The summed E-state index contributed by atoms with van der Waals surface area (Å²) in [4.78, 5) is 24.0. The number of rotatable bonds is 5. The van der Waals surface area contributed by atoms with Gasteiger partial charge in [-0.15, -0.1) is 0 Å². The highest BCUT2D eigenvalue weighted by Gasteiger charge is 2.16. The number of nitrogens with one attached hydrogen (secondary N) is 1. The monoisotopic (exact) mass is 280 g/mol. The Bertz CT molecular complexity index is 516. The molecule has 112 valence electrons. The maximum atomic E-state index is 12.2. The fourth-order valence-electron chi connectivity index (χ4n) is 2.42. The van der Waals surface area contributed by atoms with Gasteiger partial charge in [0.25, 0.3) is 0 Å². The zero-order valence-electron chi connectivity index (χ0n) is 12.4. The molecule has 20 heavy (non-hydrogen) atoms.